The summed E-state index contributed by atoms with van der Waals surface area (Å²) in [7, 11) is 0. The van der Waals surface area contributed by atoms with Gasteiger partial charge in [-0.2, -0.15) is 5.26 Å². The van der Waals surface area contributed by atoms with Crippen molar-refractivity contribution in [1.29, 1.82) is 5.26 Å². The van der Waals surface area contributed by atoms with E-state index in [9.17, 15) is 5.26 Å². The van der Waals surface area contributed by atoms with Crippen molar-refractivity contribution < 1.29 is 0 Å². The Morgan fingerprint density at radius 1 is 1.15 bits per heavy atom. The molecule has 2 nitrogen and oxygen atoms in total. The summed E-state index contributed by atoms with van der Waals surface area (Å²) in [5.41, 5.74) is 3.13. The lowest BCUT2D eigenvalue weighted by atomic mass is 10.1. The Labute approximate surface area is 124 Å². The molecule has 0 atom stereocenters. The van der Waals surface area contributed by atoms with E-state index in [2.05, 4.69) is 43.4 Å². The summed E-state index contributed by atoms with van der Waals surface area (Å²) < 4.78 is 0. The number of benzene rings is 2. The van der Waals surface area contributed by atoms with Crippen LogP contribution in [0.15, 0.2) is 52.3 Å². The molecule has 1 N–H and O–H groups in total. The lowest BCUT2D eigenvalue weighted by Gasteiger charge is -2.09. The summed E-state index contributed by atoms with van der Waals surface area (Å²) >= 11 is 1.66. The molecule has 0 radical (unpaired) electrons. The van der Waals surface area contributed by atoms with Gasteiger partial charge in [-0.25, -0.2) is 0 Å². The van der Waals surface area contributed by atoms with Crippen molar-refractivity contribution in [3.8, 4) is 6.07 Å². The van der Waals surface area contributed by atoms with Crippen LogP contribution in [0, 0.1) is 18.3 Å². The Hall–Kier alpha value is -1.76. The Bertz CT molecular complexity index is 629. The highest BCUT2D eigenvalue weighted by atomic mass is 32.2. The van der Waals surface area contributed by atoms with E-state index >= 15 is 0 Å². The largest absolute Gasteiger partial charge is 0.313 e. The summed E-state index contributed by atoms with van der Waals surface area (Å²) in [6.45, 7) is 5.91. The first-order valence-electron chi connectivity index (χ1n) is 6.72. The molecule has 0 fully saturated rings. The van der Waals surface area contributed by atoms with E-state index in [1.807, 2.05) is 24.3 Å². The number of nitrogens with one attached hydrogen (secondary N) is 1. The number of rotatable bonds is 5. The van der Waals surface area contributed by atoms with Crippen molar-refractivity contribution in [3.05, 3.63) is 59.2 Å². The summed E-state index contributed by atoms with van der Waals surface area (Å²) in [6.07, 6.45) is 0. The molecule has 3 heteroatoms. The van der Waals surface area contributed by atoms with E-state index in [4.69, 9.17) is 0 Å². The Morgan fingerprint density at radius 2 is 1.95 bits per heavy atom. The van der Waals surface area contributed by atoms with Crippen LogP contribution in [0.3, 0.4) is 0 Å². The lowest BCUT2D eigenvalue weighted by molar-refractivity contribution is 0.726. The second-order valence-electron chi connectivity index (χ2n) is 4.59. The molecule has 0 saturated heterocycles. The average molecular weight is 282 g/mol. The summed E-state index contributed by atoms with van der Waals surface area (Å²) in [5, 5.41) is 12.6. The molecular formula is C17H18N2S. The third-order valence-electron chi connectivity index (χ3n) is 3.06. The molecule has 0 unspecified atom stereocenters. The molecule has 0 aliphatic carbocycles. The van der Waals surface area contributed by atoms with E-state index < -0.39 is 0 Å². The van der Waals surface area contributed by atoms with Gasteiger partial charge in [-0.3, -0.25) is 0 Å². The molecule has 2 aromatic carbocycles. The van der Waals surface area contributed by atoms with Crippen LogP contribution in [0.5, 0.6) is 0 Å². The highest BCUT2D eigenvalue weighted by molar-refractivity contribution is 7.99. The summed E-state index contributed by atoms with van der Waals surface area (Å²) in [4.78, 5) is 2.21. The van der Waals surface area contributed by atoms with Crippen molar-refractivity contribution in [2.75, 3.05) is 6.54 Å². The van der Waals surface area contributed by atoms with E-state index in [0.29, 0.717) is 0 Å². The maximum atomic E-state index is 9.33. The minimum atomic E-state index is 0.744. The van der Waals surface area contributed by atoms with E-state index in [1.54, 1.807) is 11.8 Å². The number of hydrogen-bond donors (Lipinski definition) is 1. The predicted molar refractivity (Wildman–Crippen MR) is 83.8 cm³/mol. The average Bonchev–Trinajstić information content (AvgIpc) is 2.48. The maximum absolute atomic E-state index is 9.33. The van der Waals surface area contributed by atoms with Gasteiger partial charge in [0.25, 0.3) is 0 Å². The van der Waals surface area contributed by atoms with E-state index in [-0.39, 0.29) is 0 Å². The molecule has 0 aliphatic rings. The zero-order chi connectivity index (χ0) is 14.4. The van der Waals surface area contributed by atoms with Gasteiger partial charge in [0, 0.05) is 16.3 Å². The van der Waals surface area contributed by atoms with E-state index in [1.165, 1.54) is 10.5 Å². The quantitative estimate of drug-likeness (QED) is 0.895. The SMILES string of the molecule is CCNCc1ccc(Sc2ccccc2C)c(C#N)c1. The molecule has 2 aromatic rings. The molecule has 0 aliphatic heterocycles. The molecule has 0 amide bonds. The minimum absolute atomic E-state index is 0.744. The van der Waals surface area contributed by atoms with Crippen molar-refractivity contribution in [3.63, 3.8) is 0 Å². The lowest BCUT2D eigenvalue weighted by Crippen LogP contribution is -2.11. The topological polar surface area (TPSA) is 35.8 Å². The van der Waals surface area contributed by atoms with Gasteiger partial charge in [0.1, 0.15) is 6.07 Å². The first-order chi connectivity index (χ1) is 9.74. The smallest absolute Gasteiger partial charge is 0.100 e. The Balaban J connectivity index is 2.24. The molecule has 2 rings (SSSR count). The minimum Gasteiger partial charge on any atom is -0.313 e. The van der Waals surface area contributed by atoms with E-state index in [0.717, 1.165) is 29.1 Å². The molecule has 0 spiro atoms. The van der Waals surface area contributed by atoms with Gasteiger partial charge in [0.05, 0.1) is 5.56 Å². The Kier molecular flexibility index (Phi) is 5.23. The van der Waals surface area contributed by atoms with Crippen LogP contribution in [-0.4, -0.2) is 6.54 Å². The van der Waals surface area contributed by atoms with Crippen LogP contribution in [-0.2, 0) is 6.54 Å². The first-order valence-corrected chi connectivity index (χ1v) is 7.53. The van der Waals surface area contributed by atoms with Gasteiger partial charge in [0.15, 0.2) is 0 Å². The summed E-state index contributed by atoms with van der Waals surface area (Å²) in [6, 6.07) is 16.7. The first kappa shape index (κ1) is 14.6. The fraction of sp³-hybridized carbons (Fsp3) is 0.235. The van der Waals surface area contributed by atoms with Gasteiger partial charge in [-0.1, -0.05) is 43.0 Å². The highest BCUT2D eigenvalue weighted by Crippen LogP contribution is 2.32. The number of hydrogen-bond acceptors (Lipinski definition) is 3. The number of nitriles is 1. The van der Waals surface area contributed by atoms with Gasteiger partial charge in [-0.05, 0) is 42.8 Å². The van der Waals surface area contributed by atoms with Gasteiger partial charge < -0.3 is 5.32 Å². The van der Waals surface area contributed by atoms with Crippen molar-refractivity contribution in [2.24, 2.45) is 0 Å². The second-order valence-corrected chi connectivity index (χ2v) is 5.67. The monoisotopic (exact) mass is 282 g/mol. The molecule has 102 valence electrons. The normalized spacial score (nSPS) is 10.2. The van der Waals surface area contributed by atoms with Crippen molar-refractivity contribution in [1.82, 2.24) is 5.32 Å². The van der Waals surface area contributed by atoms with Crippen LogP contribution >= 0.6 is 11.8 Å². The fourth-order valence-electron chi connectivity index (χ4n) is 1.92. The van der Waals surface area contributed by atoms with Crippen LogP contribution in [0.2, 0.25) is 0 Å². The third kappa shape index (κ3) is 3.63. The van der Waals surface area contributed by atoms with Crippen molar-refractivity contribution >= 4 is 11.8 Å². The molecular weight excluding hydrogens is 264 g/mol. The molecule has 0 saturated carbocycles. The highest BCUT2D eigenvalue weighted by Gasteiger charge is 2.07. The standard InChI is InChI=1S/C17H18N2S/c1-3-19-12-14-8-9-17(15(10-14)11-18)20-16-7-5-4-6-13(16)2/h4-10,19H,3,12H2,1-2H3. The molecule has 20 heavy (non-hydrogen) atoms. The van der Waals surface area contributed by atoms with Gasteiger partial charge in [-0.15, -0.1) is 0 Å². The number of nitrogens with zero attached hydrogens (tertiary/aromatic N) is 1. The van der Waals surface area contributed by atoms with Gasteiger partial charge in [0.2, 0.25) is 0 Å². The molecule has 0 bridgehead atoms. The van der Waals surface area contributed by atoms with Crippen LogP contribution in [0.1, 0.15) is 23.6 Å². The number of aryl methyl sites for hydroxylation is 1. The zero-order valence-corrected chi connectivity index (χ0v) is 12.6. The Morgan fingerprint density at radius 3 is 2.65 bits per heavy atom. The molecule has 0 aromatic heterocycles. The maximum Gasteiger partial charge on any atom is 0.100 e. The van der Waals surface area contributed by atoms with Crippen molar-refractivity contribution in [2.45, 2.75) is 30.2 Å². The van der Waals surface area contributed by atoms with Crippen LogP contribution in [0.4, 0.5) is 0 Å². The zero-order valence-electron chi connectivity index (χ0n) is 11.8. The van der Waals surface area contributed by atoms with Crippen LogP contribution in [0.25, 0.3) is 0 Å². The second kappa shape index (κ2) is 7.14. The molecule has 0 heterocycles. The predicted octanol–water partition coefficient (Wildman–Crippen LogP) is 4.13. The van der Waals surface area contributed by atoms with Crippen LogP contribution < -0.4 is 5.32 Å². The summed E-state index contributed by atoms with van der Waals surface area (Å²) in [5.74, 6) is 0. The fourth-order valence-corrected chi connectivity index (χ4v) is 2.89. The third-order valence-corrected chi connectivity index (χ3v) is 4.31. The van der Waals surface area contributed by atoms with Gasteiger partial charge >= 0.3 is 0 Å².